The third-order valence-corrected chi connectivity index (χ3v) is 5.11. The van der Waals surface area contributed by atoms with Crippen molar-refractivity contribution < 1.29 is 9.53 Å². The molecule has 5 nitrogen and oxygen atoms in total. The number of nitrogens with one attached hydrogen (secondary N) is 1. The molecule has 0 bridgehead atoms. The van der Waals surface area contributed by atoms with Gasteiger partial charge in [0.1, 0.15) is 5.75 Å². The largest absolute Gasteiger partial charge is 0.493 e. The van der Waals surface area contributed by atoms with Crippen LogP contribution in [0.15, 0.2) is 24.3 Å². The van der Waals surface area contributed by atoms with E-state index < -0.39 is 0 Å². The monoisotopic (exact) mass is 341 g/mol. The average Bonchev–Trinajstić information content (AvgIpc) is 2.77. The van der Waals surface area contributed by atoms with E-state index in [1.165, 1.54) is 11.1 Å². The van der Waals surface area contributed by atoms with E-state index in [-0.39, 0.29) is 5.91 Å². The average molecular weight is 341 g/mol. The first-order valence-corrected chi connectivity index (χ1v) is 9.01. The number of benzene rings is 1. The molecule has 2 heterocycles. The molecule has 0 saturated carbocycles. The fourth-order valence-corrected chi connectivity index (χ4v) is 3.50. The zero-order valence-electron chi connectivity index (χ0n) is 15.3. The van der Waals surface area contributed by atoms with E-state index in [9.17, 15) is 4.79 Å². The summed E-state index contributed by atoms with van der Waals surface area (Å²) in [6.45, 7) is 5.48. The Morgan fingerprint density at radius 1 is 1.36 bits per heavy atom. The second-order valence-corrected chi connectivity index (χ2v) is 6.89. The van der Waals surface area contributed by atoms with Crippen LogP contribution in [0.2, 0.25) is 0 Å². The molecule has 134 valence electrons. The summed E-state index contributed by atoms with van der Waals surface area (Å²) in [5.74, 6) is 1.52. The van der Waals surface area contributed by atoms with E-state index in [1.807, 2.05) is 36.9 Å². The Labute approximate surface area is 149 Å². The van der Waals surface area contributed by atoms with Gasteiger partial charge in [0.15, 0.2) is 0 Å². The van der Waals surface area contributed by atoms with E-state index >= 15 is 0 Å². The van der Waals surface area contributed by atoms with Crippen LogP contribution in [0.5, 0.6) is 5.75 Å². The van der Waals surface area contributed by atoms with Crippen LogP contribution in [-0.4, -0.2) is 28.8 Å². The molecule has 1 aliphatic heterocycles. The molecule has 3 rings (SSSR count). The lowest BCUT2D eigenvalue weighted by Gasteiger charge is -2.14. The number of carbonyl (C=O) groups excluding carboxylic acids is 1. The number of nitrogens with zero attached hydrogens (tertiary/aromatic N) is 2. The Balaban J connectivity index is 1.49. The van der Waals surface area contributed by atoms with Gasteiger partial charge in [-0.05, 0) is 56.2 Å². The summed E-state index contributed by atoms with van der Waals surface area (Å²) < 4.78 is 7.68. The van der Waals surface area contributed by atoms with E-state index in [0.29, 0.717) is 25.5 Å². The van der Waals surface area contributed by atoms with Gasteiger partial charge in [-0.1, -0.05) is 18.2 Å². The fourth-order valence-electron chi connectivity index (χ4n) is 3.50. The van der Waals surface area contributed by atoms with Crippen molar-refractivity contribution >= 4 is 5.91 Å². The number of aryl methyl sites for hydroxylation is 2. The van der Waals surface area contributed by atoms with Gasteiger partial charge in [0.2, 0.25) is 5.91 Å². The normalized spacial score (nSPS) is 16.7. The van der Waals surface area contributed by atoms with Crippen LogP contribution in [0.25, 0.3) is 0 Å². The first kappa shape index (κ1) is 17.5. The topological polar surface area (TPSA) is 56.2 Å². The molecule has 2 aromatic rings. The lowest BCUT2D eigenvalue weighted by Crippen LogP contribution is -2.30. The van der Waals surface area contributed by atoms with Crippen molar-refractivity contribution in [3.63, 3.8) is 0 Å². The lowest BCUT2D eigenvalue weighted by molar-refractivity contribution is -0.121. The Bertz CT molecular complexity index is 751. The second kappa shape index (κ2) is 7.72. The van der Waals surface area contributed by atoms with E-state index in [2.05, 4.69) is 23.4 Å². The standard InChI is InChI=1S/C20H27N3O2/c1-14-18(15(2)23(3)22-14)8-9-20(24)21-13-16-10-11-25-19-7-5-4-6-17(19)12-16/h4-7,16H,8-13H2,1-3H3,(H,21,24)/t16-/m1/s1. The van der Waals surface area contributed by atoms with Crippen molar-refractivity contribution in [3.05, 3.63) is 46.8 Å². The van der Waals surface area contributed by atoms with Crippen LogP contribution >= 0.6 is 0 Å². The van der Waals surface area contributed by atoms with Crippen LogP contribution < -0.4 is 10.1 Å². The fraction of sp³-hybridized carbons (Fsp3) is 0.500. The highest BCUT2D eigenvalue weighted by Gasteiger charge is 2.18. The highest BCUT2D eigenvalue weighted by molar-refractivity contribution is 5.76. The molecule has 0 aliphatic carbocycles. The number of fused-ring (bicyclic) bond motifs is 1. The molecule has 0 saturated heterocycles. The van der Waals surface area contributed by atoms with Gasteiger partial charge in [0.25, 0.3) is 0 Å². The Hall–Kier alpha value is -2.30. The number of para-hydroxylation sites is 1. The predicted octanol–water partition coefficient (Wildman–Crippen LogP) is 2.73. The van der Waals surface area contributed by atoms with Crippen molar-refractivity contribution in [3.8, 4) is 5.75 Å². The third kappa shape index (κ3) is 4.21. The van der Waals surface area contributed by atoms with Gasteiger partial charge >= 0.3 is 0 Å². The quantitative estimate of drug-likeness (QED) is 0.910. The number of hydrogen-bond acceptors (Lipinski definition) is 3. The number of carbonyl (C=O) groups is 1. The summed E-state index contributed by atoms with van der Waals surface area (Å²) in [7, 11) is 1.94. The van der Waals surface area contributed by atoms with E-state index in [1.54, 1.807) is 0 Å². The van der Waals surface area contributed by atoms with Crippen molar-refractivity contribution in [2.45, 2.75) is 39.5 Å². The highest BCUT2D eigenvalue weighted by atomic mass is 16.5. The maximum atomic E-state index is 12.3. The van der Waals surface area contributed by atoms with Gasteiger partial charge in [-0.3, -0.25) is 9.48 Å². The first-order chi connectivity index (χ1) is 12.0. The van der Waals surface area contributed by atoms with Gasteiger partial charge in [0.05, 0.1) is 12.3 Å². The highest BCUT2D eigenvalue weighted by Crippen LogP contribution is 2.26. The molecular weight excluding hydrogens is 314 g/mol. The molecule has 1 aromatic carbocycles. The summed E-state index contributed by atoms with van der Waals surface area (Å²) in [5, 5.41) is 7.52. The minimum absolute atomic E-state index is 0.112. The van der Waals surface area contributed by atoms with E-state index in [0.717, 1.165) is 36.4 Å². The summed E-state index contributed by atoms with van der Waals surface area (Å²) >= 11 is 0. The zero-order valence-corrected chi connectivity index (χ0v) is 15.3. The summed E-state index contributed by atoms with van der Waals surface area (Å²) in [6.07, 6.45) is 3.17. The Morgan fingerprint density at radius 3 is 2.92 bits per heavy atom. The van der Waals surface area contributed by atoms with Crippen LogP contribution in [0.3, 0.4) is 0 Å². The molecule has 1 N–H and O–H groups in total. The van der Waals surface area contributed by atoms with Crippen molar-refractivity contribution in [2.75, 3.05) is 13.2 Å². The minimum atomic E-state index is 0.112. The maximum Gasteiger partial charge on any atom is 0.220 e. The molecule has 1 amide bonds. The molecule has 1 aliphatic rings. The van der Waals surface area contributed by atoms with Crippen molar-refractivity contribution in [1.82, 2.24) is 15.1 Å². The van der Waals surface area contributed by atoms with Gasteiger partial charge in [-0.2, -0.15) is 5.10 Å². The molecule has 5 heteroatoms. The number of amides is 1. The van der Waals surface area contributed by atoms with Gasteiger partial charge in [-0.25, -0.2) is 0 Å². The van der Waals surface area contributed by atoms with Crippen LogP contribution in [-0.2, 0) is 24.7 Å². The molecule has 0 fully saturated rings. The summed E-state index contributed by atoms with van der Waals surface area (Å²) in [5.41, 5.74) is 4.59. The smallest absolute Gasteiger partial charge is 0.220 e. The lowest BCUT2D eigenvalue weighted by atomic mass is 9.97. The second-order valence-electron chi connectivity index (χ2n) is 6.89. The van der Waals surface area contributed by atoms with Crippen LogP contribution in [0.4, 0.5) is 0 Å². The Morgan fingerprint density at radius 2 is 2.16 bits per heavy atom. The van der Waals surface area contributed by atoms with E-state index in [4.69, 9.17) is 4.74 Å². The molecule has 25 heavy (non-hydrogen) atoms. The van der Waals surface area contributed by atoms with Crippen molar-refractivity contribution in [1.29, 1.82) is 0 Å². The molecule has 0 unspecified atom stereocenters. The van der Waals surface area contributed by atoms with Gasteiger partial charge < -0.3 is 10.1 Å². The summed E-state index contributed by atoms with van der Waals surface area (Å²) in [4.78, 5) is 12.3. The number of ether oxygens (including phenoxy) is 1. The molecule has 1 aromatic heterocycles. The summed E-state index contributed by atoms with van der Waals surface area (Å²) in [6, 6.07) is 8.18. The predicted molar refractivity (Wildman–Crippen MR) is 97.8 cm³/mol. The maximum absolute atomic E-state index is 12.3. The number of hydrogen-bond donors (Lipinski definition) is 1. The minimum Gasteiger partial charge on any atom is -0.493 e. The molecule has 0 radical (unpaired) electrons. The zero-order chi connectivity index (χ0) is 17.8. The number of aromatic nitrogens is 2. The van der Waals surface area contributed by atoms with Crippen LogP contribution in [0.1, 0.15) is 35.4 Å². The van der Waals surface area contributed by atoms with Crippen LogP contribution in [0, 0.1) is 19.8 Å². The molecule has 1 atom stereocenters. The molecule has 0 spiro atoms. The third-order valence-electron chi connectivity index (χ3n) is 5.11. The molecular formula is C20H27N3O2. The first-order valence-electron chi connectivity index (χ1n) is 9.01. The number of rotatable bonds is 5. The van der Waals surface area contributed by atoms with Gasteiger partial charge in [-0.15, -0.1) is 0 Å². The SMILES string of the molecule is Cc1nn(C)c(C)c1CCC(=O)NC[C@@H]1CCOc2ccccc2C1. The van der Waals surface area contributed by atoms with Gasteiger partial charge in [0, 0.05) is 25.7 Å². The Kier molecular flexibility index (Phi) is 5.41. The van der Waals surface area contributed by atoms with Crippen molar-refractivity contribution in [2.24, 2.45) is 13.0 Å².